The minimum atomic E-state index is 0.439. The fourth-order valence-corrected chi connectivity index (χ4v) is 2.25. The third-order valence-corrected chi connectivity index (χ3v) is 3.72. The van der Waals surface area contributed by atoms with Crippen LogP contribution in [0.15, 0.2) is 34.7 Å². The lowest BCUT2D eigenvalue weighted by Crippen LogP contribution is -2.00. The Morgan fingerprint density at radius 1 is 1.30 bits per heavy atom. The molecular formula is C17H23NO2. The number of hydrogen-bond donors (Lipinski definition) is 1. The first-order valence-electron chi connectivity index (χ1n) is 7.15. The number of benzene rings is 1. The molecule has 2 aromatic rings. The van der Waals surface area contributed by atoms with E-state index in [4.69, 9.17) is 14.9 Å². The maximum Gasteiger partial charge on any atom is 0.146 e. The van der Waals surface area contributed by atoms with E-state index >= 15 is 0 Å². The average Bonchev–Trinajstić information content (AvgIpc) is 2.84. The summed E-state index contributed by atoms with van der Waals surface area (Å²) in [5.74, 6) is 3.12. The van der Waals surface area contributed by atoms with Gasteiger partial charge in [0.2, 0.25) is 0 Å². The summed E-state index contributed by atoms with van der Waals surface area (Å²) in [6.07, 6.45) is 1.09. The minimum absolute atomic E-state index is 0.439. The van der Waals surface area contributed by atoms with E-state index in [0.717, 1.165) is 29.3 Å². The monoisotopic (exact) mass is 273 g/mol. The van der Waals surface area contributed by atoms with Gasteiger partial charge >= 0.3 is 0 Å². The normalized spacial score (nSPS) is 12.4. The highest BCUT2D eigenvalue weighted by Gasteiger charge is 2.11. The van der Waals surface area contributed by atoms with Gasteiger partial charge in [-0.15, -0.1) is 0 Å². The number of nitrogens with two attached hydrogens (primary N) is 1. The predicted molar refractivity (Wildman–Crippen MR) is 80.8 cm³/mol. The number of ether oxygens (including phenoxy) is 1. The first-order chi connectivity index (χ1) is 9.65. The van der Waals surface area contributed by atoms with Crippen LogP contribution < -0.4 is 10.5 Å². The maximum absolute atomic E-state index is 5.92. The van der Waals surface area contributed by atoms with E-state index in [0.29, 0.717) is 19.1 Å². The van der Waals surface area contributed by atoms with Gasteiger partial charge in [0.05, 0.1) is 0 Å². The van der Waals surface area contributed by atoms with Gasteiger partial charge in [-0.05, 0) is 37.0 Å². The summed E-state index contributed by atoms with van der Waals surface area (Å²) in [5.41, 5.74) is 7.94. The van der Waals surface area contributed by atoms with Crippen LogP contribution in [0.5, 0.6) is 5.75 Å². The molecule has 108 valence electrons. The Morgan fingerprint density at radius 2 is 2.05 bits per heavy atom. The van der Waals surface area contributed by atoms with Gasteiger partial charge < -0.3 is 14.9 Å². The maximum atomic E-state index is 5.92. The second kappa shape index (κ2) is 6.62. The van der Waals surface area contributed by atoms with Gasteiger partial charge in [0.15, 0.2) is 0 Å². The molecule has 1 aromatic carbocycles. The van der Waals surface area contributed by atoms with E-state index in [2.05, 4.69) is 26.0 Å². The number of aryl methyl sites for hydroxylation is 1. The molecule has 0 spiro atoms. The topological polar surface area (TPSA) is 48.4 Å². The third-order valence-electron chi connectivity index (χ3n) is 3.72. The van der Waals surface area contributed by atoms with Gasteiger partial charge in [0, 0.05) is 12.1 Å². The molecule has 2 rings (SSSR count). The SMILES string of the molecule is CCC(C)c1ccccc1OCc1cc(CN)c(C)o1. The zero-order chi connectivity index (χ0) is 14.5. The average molecular weight is 273 g/mol. The highest BCUT2D eigenvalue weighted by atomic mass is 16.5. The second-order valence-corrected chi connectivity index (χ2v) is 5.13. The van der Waals surface area contributed by atoms with Gasteiger partial charge in [-0.3, -0.25) is 0 Å². The molecule has 2 N–H and O–H groups in total. The highest BCUT2D eigenvalue weighted by molar-refractivity contribution is 5.36. The van der Waals surface area contributed by atoms with Crippen molar-refractivity contribution in [1.29, 1.82) is 0 Å². The quantitative estimate of drug-likeness (QED) is 0.860. The van der Waals surface area contributed by atoms with E-state index < -0.39 is 0 Å². The Balaban J connectivity index is 2.10. The van der Waals surface area contributed by atoms with Crippen LogP contribution in [-0.4, -0.2) is 0 Å². The van der Waals surface area contributed by atoms with Crippen LogP contribution in [0.25, 0.3) is 0 Å². The van der Waals surface area contributed by atoms with Gasteiger partial charge in [0.25, 0.3) is 0 Å². The van der Waals surface area contributed by atoms with E-state index in [1.54, 1.807) is 0 Å². The lowest BCUT2D eigenvalue weighted by Gasteiger charge is -2.14. The molecule has 3 heteroatoms. The van der Waals surface area contributed by atoms with Crippen molar-refractivity contribution >= 4 is 0 Å². The van der Waals surface area contributed by atoms with Crippen molar-refractivity contribution in [3.8, 4) is 5.75 Å². The van der Waals surface area contributed by atoms with Crippen molar-refractivity contribution in [2.75, 3.05) is 0 Å². The molecule has 0 radical (unpaired) electrons. The summed E-state index contributed by atoms with van der Waals surface area (Å²) in [6.45, 7) is 7.27. The largest absolute Gasteiger partial charge is 0.485 e. The predicted octanol–water partition coefficient (Wildman–Crippen LogP) is 4.14. The van der Waals surface area contributed by atoms with Gasteiger partial charge in [-0.2, -0.15) is 0 Å². The lowest BCUT2D eigenvalue weighted by molar-refractivity contribution is 0.264. The second-order valence-electron chi connectivity index (χ2n) is 5.13. The molecule has 1 heterocycles. The summed E-state index contributed by atoms with van der Waals surface area (Å²) in [7, 11) is 0. The van der Waals surface area contributed by atoms with Gasteiger partial charge in [-0.1, -0.05) is 32.0 Å². The lowest BCUT2D eigenvalue weighted by atomic mass is 9.98. The van der Waals surface area contributed by atoms with Crippen molar-refractivity contribution in [3.63, 3.8) is 0 Å². The fraction of sp³-hybridized carbons (Fsp3) is 0.412. The van der Waals surface area contributed by atoms with Crippen LogP contribution >= 0.6 is 0 Å². The fourth-order valence-electron chi connectivity index (χ4n) is 2.25. The number of rotatable bonds is 6. The highest BCUT2D eigenvalue weighted by Crippen LogP contribution is 2.29. The minimum Gasteiger partial charge on any atom is -0.485 e. The molecule has 1 unspecified atom stereocenters. The van der Waals surface area contributed by atoms with E-state index in [1.807, 2.05) is 25.1 Å². The van der Waals surface area contributed by atoms with Crippen LogP contribution in [0, 0.1) is 6.92 Å². The molecule has 1 atom stereocenters. The molecular weight excluding hydrogens is 250 g/mol. The van der Waals surface area contributed by atoms with Crippen molar-refractivity contribution in [1.82, 2.24) is 0 Å². The van der Waals surface area contributed by atoms with Gasteiger partial charge in [-0.25, -0.2) is 0 Å². The van der Waals surface area contributed by atoms with Crippen LogP contribution in [0.2, 0.25) is 0 Å². The van der Waals surface area contributed by atoms with Crippen molar-refractivity contribution in [2.24, 2.45) is 5.73 Å². The smallest absolute Gasteiger partial charge is 0.146 e. The Morgan fingerprint density at radius 3 is 2.70 bits per heavy atom. The van der Waals surface area contributed by atoms with Crippen molar-refractivity contribution in [3.05, 3.63) is 53.0 Å². The molecule has 20 heavy (non-hydrogen) atoms. The summed E-state index contributed by atoms with van der Waals surface area (Å²) < 4.78 is 11.6. The van der Waals surface area contributed by atoms with Crippen molar-refractivity contribution in [2.45, 2.75) is 46.3 Å². The first-order valence-corrected chi connectivity index (χ1v) is 7.15. The van der Waals surface area contributed by atoms with E-state index in [1.165, 1.54) is 5.56 Å². The van der Waals surface area contributed by atoms with Crippen molar-refractivity contribution < 1.29 is 9.15 Å². The molecule has 0 aliphatic rings. The van der Waals surface area contributed by atoms with Gasteiger partial charge in [0.1, 0.15) is 23.9 Å². The molecule has 0 saturated carbocycles. The van der Waals surface area contributed by atoms with Crippen LogP contribution in [0.4, 0.5) is 0 Å². The summed E-state index contributed by atoms with van der Waals surface area (Å²) in [6, 6.07) is 10.2. The number of hydrogen-bond acceptors (Lipinski definition) is 3. The Bertz CT molecular complexity index is 560. The van der Waals surface area contributed by atoms with Crippen LogP contribution in [-0.2, 0) is 13.2 Å². The van der Waals surface area contributed by atoms with Crippen LogP contribution in [0.3, 0.4) is 0 Å². The molecule has 0 saturated heterocycles. The summed E-state index contributed by atoms with van der Waals surface area (Å²) >= 11 is 0. The molecule has 0 amide bonds. The zero-order valence-corrected chi connectivity index (χ0v) is 12.5. The molecule has 3 nitrogen and oxygen atoms in total. The molecule has 1 aromatic heterocycles. The molecule has 0 bridgehead atoms. The Hall–Kier alpha value is -1.74. The first kappa shape index (κ1) is 14.7. The Labute approximate surface area is 120 Å². The number of furan rings is 1. The van der Waals surface area contributed by atoms with E-state index in [9.17, 15) is 0 Å². The van der Waals surface area contributed by atoms with E-state index in [-0.39, 0.29) is 0 Å². The van der Waals surface area contributed by atoms with Crippen LogP contribution in [0.1, 0.15) is 48.8 Å². The summed E-state index contributed by atoms with van der Waals surface area (Å²) in [4.78, 5) is 0. The Kier molecular flexibility index (Phi) is 4.85. The number of para-hydroxylation sites is 1. The molecule has 0 fully saturated rings. The standard InChI is InChI=1S/C17H23NO2/c1-4-12(2)16-7-5-6-8-17(16)19-11-15-9-14(10-18)13(3)20-15/h5-9,12H,4,10-11,18H2,1-3H3. The third kappa shape index (κ3) is 3.23. The zero-order valence-electron chi connectivity index (χ0n) is 12.5. The molecule has 0 aliphatic heterocycles. The molecule has 0 aliphatic carbocycles. The summed E-state index contributed by atoms with van der Waals surface area (Å²) in [5, 5.41) is 0.